The average molecular weight is 247 g/mol. The Kier molecular flexibility index (Phi) is 4.02. The number of anilines is 1. The molecule has 0 aliphatic carbocycles. The fraction of sp³-hybridized carbons (Fsp3) is 0.533. The molecule has 0 aromatic heterocycles. The highest BCUT2D eigenvalue weighted by Crippen LogP contribution is 2.27. The zero-order chi connectivity index (χ0) is 13.1. The Labute approximate surface area is 108 Å². The van der Waals surface area contributed by atoms with Gasteiger partial charge in [-0.05, 0) is 30.0 Å². The molecule has 1 heterocycles. The van der Waals surface area contributed by atoms with Crippen LogP contribution in [0.15, 0.2) is 24.3 Å². The van der Waals surface area contributed by atoms with Crippen molar-refractivity contribution >= 4 is 11.6 Å². The van der Waals surface area contributed by atoms with Gasteiger partial charge in [0.05, 0.1) is 6.61 Å². The molecule has 0 spiro atoms. The van der Waals surface area contributed by atoms with Gasteiger partial charge in [0.25, 0.3) is 0 Å². The SMILES string of the molecule is CC(C)C(CO)c1ccc(N2CCCC2=O)cc1. The first kappa shape index (κ1) is 13.1. The number of aliphatic hydroxyl groups is 1. The molecular formula is C15H21NO2. The van der Waals surface area contributed by atoms with Crippen LogP contribution >= 0.6 is 0 Å². The lowest BCUT2D eigenvalue weighted by Gasteiger charge is -2.21. The maximum Gasteiger partial charge on any atom is 0.227 e. The Morgan fingerprint density at radius 1 is 1.28 bits per heavy atom. The topological polar surface area (TPSA) is 40.5 Å². The summed E-state index contributed by atoms with van der Waals surface area (Å²) >= 11 is 0. The second-order valence-corrected chi connectivity index (χ2v) is 5.27. The third-order valence-corrected chi connectivity index (χ3v) is 3.71. The molecule has 1 aromatic carbocycles. The van der Waals surface area contributed by atoms with Gasteiger partial charge in [-0.15, -0.1) is 0 Å². The lowest BCUT2D eigenvalue weighted by molar-refractivity contribution is -0.117. The van der Waals surface area contributed by atoms with Crippen LogP contribution in [-0.4, -0.2) is 24.2 Å². The number of amides is 1. The normalized spacial score (nSPS) is 17.6. The Hall–Kier alpha value is -1.35. The molecule has 18 heavy (non-hydrogen) atoms. The number of carbonyl (C=O) groups is 1. The maximum atomic E-state index is 11.6. The van der Waals surface area contributed by atoms with Crippen molar-refractivity contribution in [2.75, 3.05) is 18.1 Å². The molecule has 1 aliphatic heterocycles. The van der Waals surface area contributed by atoms with Crippen LogP contribution < -0.4 is 4.90 Å². The number of carbonyl (C=O) groups excluding carboxylic acids is 1. The first-order chi connectivity index (χ1) is 8.63. The zero-order valence-electron chi connectivity index (χ0n) is 11.1. The van der Waals surface area contributed by atoms with Crippen LogP contribution in [0, 0.1) is 5.92 Å². The second-order valence-electron chi connectivity index (χ2n) is 5.27. The Bertz CT molecular complexity index is 411. The smallest absolute Gasteiger partial charge is 0.227 e. The van der Waals surface area contributed by atoms with Crippen molar-refractivity contribution in [3.8, 4) is 0 Å². The lowest BCUT2D eigenvalue weighted by atomic mass is 9.89. The quantitative estimate of drug-likeness (QED) is 0.888. The summed E-state index contributed by atoms with van der Waals surface area (Å²) in [5.41, 5.74) is 2.12. The Balaban J connectivity index is 2.16. The van der Waals surface area contributed by atoms with Crippen molar-refractivity contribution in [2.45, 2.75) is 32.6 Å². The molecule has 0 radical (unpaired) electrons. The fourth-order valence-corrected chi connectivity index (χ4v) is 2.52. The van der Waals surface area contributed by atoms with E-state index in [1.54, 1.807) is 0 Å². The van der Waals surface area contributed by atoms with Crippen LogP contribution in [0.3, 0.4) is 0 Å². The van der Waals surface area contributed by atoms with Crippen molar-refractivity contribution in [3.63, 3.8) is 0 Å². The first-order valence-corrected chi connectivity index (χ1v) is 6.64. The van der Waals surface area contributed by atoms with Crippen LogP contribution in [0.1, 0.15) is 38.2 Å². The fourth-order valence-electron chi connectivity index (χ4n) is 2.52. The van der Waals surface area contributed by atoms with E-state index in [0.29, 0.717) is 12.3 Å². The van der Waals surface area contributed by atoms with E-state index in [0.717, 1.165) is 24.2 Å². The molecule has 3 nitrogen and oxygen atoms in total. The number of rotatable bonds is 4. The average Bonchev–Trinajstić information content (AvgIpc) is 2.77. The molecule has 1 aromatic rings. The summed E-state index contributed by atoms with van der Waals surface area (Å²) in [5.74, 6) is 0.799. The molecule has 1 amide bonds. The van der Waals surface area contributed by atoms with Crippen molar-refractivity contribution in [1.82, 2.24) is 0 Å². The largest absolute Gasteiger partial charge is 0.396 e. The summed E-state index contributed by atoms with van der Waals surface area (Å²) in [7, 11) is 0. The predicted octanol–water partition coefficient (Wildman–Crippen LogP) is 2.55. The van der Waals surface area contributed by atoms with Crippen LogP contribution in [0.5, 0.6) is 0 Å². The van der Waals surface area contributed by atoms with Gasteiger partial charge < -0.3 is 10.0 Å². The molecule has 2 rings (SSSR count). The van der Waals surface area contributed by atoms with Crippen molar-refractivity contribution in [2.24, 2.45) is 5.92 Å². The number of aliphatic hydroxyl groups excluding tert-OH is 1. The zero-order valence-corrected chi connectivity index (χ0v) is 11.1. The van der Waals surface area contributed by atoms with E-state index >= 15 is 0 Å². The summed E-state index contributed by atoms with van der Waals surface area (Å²) in [4.78, 5) is 13.5. The van der Waals surface area contributed by atoms with E-state index in [2.05, 4.69) is 13.8 Å². The van der Waals surface area contributed by atoms with Crippen LogP contribution in [-0.2, 0) is 4.79 Å². The van der Waals surface area contributed by atoms with E-state index in [4.69, 9.17) is 0 Å². The van der Waals surface area contributed by atoms with Gasteiger partial charge in [-0.1, -0.05) is 26.0 Å². The van der Waals surface area contributed by atoms with Gasteiger partial charge in [-0.25, -0.2) is 0 Å². The molecule has 98 valence electrons. The predicted molar refractivity (Wildman–Crippen MR) is 72.7 cm³/mol. The highest BCUT2D eigenvalue weighted by Gasteiger charge is 2.22. The number of benzene rings is 1. The molecule has 1 saturated heterocycles. The number of nitrogens with zero attached hydrogens (tertiary/aromatic N) is 1. The number of hydrogen-bond donors (Lipinski definition) is 1. The molecule has 1 fully saturated rings. The van der Waals surface area contributed by atoms with E-state index in [-0.39, 0.29) is 18.4 Å². The Morgan fingerprint density at radius 3 is 2.39 bits per heavy atom. The number of hydrogen-bond acceptors (Lipinski definition) is 2. The third-order valence-electron chi connectivity index (χ3n) is 3.71. The minimum absolute atomic E-state index is 0.166. The highest BCUT2D eigenvalue weighted by atomic mass is 16.3. The Morgan fingerprint density at radius 2 is 1.94 bits per heavy atom. The molecule has 1 atom stereocenters. The van der Waals surface area contributed by atoms with E-state index in [1.807, 2.05) is 29.2 Å². The third kappa shape index (κ3) is 2.56. The van der Waals surface area contributed by atoms with Gasteiger partial charge in [0.2, 0.25) is 5.91 Å². The standard InChI is InChI=1S/C15H21NO2/c1-11(2)14(10-17)12-5-7-13(8-6-12)16-9-3-4-15(16)18/h5-8,11,14,17H,3-4,9-10H2,1-2H3. The molecule has 1 unspecified atom stereocenters. The van der Waals surface area contributed by atoms with Gasteiger partial charge >= 0.3 is 0 Å². The summed E-state index contributed by atoms with van der Waals surface area (Å²) in [6.45, 7) is 5.21. The lowest BCUT2D eigenvalue weighted by Crippen LogP contribution is -2.23. The van der Waals surface area contributed by atoms with Gasteiger partial charge in [0.1, 0.15) is 0 Å². The minimum atomic E-state index is 0.166. The van der Waals surface area contributed by atoms with Gasteiger partial charge in [0, 0.05) is 24.6 Å². The van der Waals surface area contributed by atoms with E-state index < -0.39 is 0 Å². The van der Waals surface area contributed by atoms with E-state index in [9.17, 15) is 9.90 Å². The minimum Gasteiger partial charge on any atom is -0.396 e. The second kappa shape index (κ2) is 5.53. The highest BCUT2D eigenvalue weighted by molar-refractivity contribution is 5.95. The molecule has 0 saturated carbocycles. The van der Waals surface area contributed by atoms with Crippen LogP contribution in [0.4, 0.5) is 5.69 Å². The summed E-state index contributed by atoms with van der Waals surface area (Å²) < 4.78 is 0. The summed E-state index contributed by atoms with van der Waals surface area (Å²) in [6, 6.07) is 8.04. The van der Waals surface area contributed by atoms with Crippen LogP contribution in [0.2, 0.25) is 0 Å². The van der Waals surface area contributed by atoms with Crippen LogP contribution in [0.25, 0.3) is 0 Å². The van der Waals surface area contributed by atoms with Gasteiger partial charge in [-0.2, -0.15) is 0 Å². The molecule has 1 aliphatic rings. The van der Waals surface area contributed by atoms with E-state index in [1.165, 1.54) is 0 Å². The molecule has 0 bridgehead atoms. The van der Waals surface area contributed by atoms with Gasteiger partial charge in [-0.3, -0.25) is 4.79 Å². The molecular weight excluding hydrogens is 226 g/mol. The van der Waals surface area contributed by atoms with Gasteiger partial charge in [0.15, 0.2) is 0 Å². The summed E-state index contributed by atoms with van der Waals surface area (Å²) in [5, 5.41) is 9.41. The first-order valence-electron chi connectivity index (χ1n) is 6.64. The van der Waals surface area contributed by atoms with Crippen molar-refractivity contribution in [3.05, 3.63) is 29.8 Å². The van der Waals surface area contributed by atoms with Crippen molar-refractivity contribution in [1.29, 1.82) is 0 Å². The molecule has 1 N–H and O–H groups in total. The molecule has 3 heteroatoms. The van der Waals surface area contributed by atoms with Crippen molar-refractivity contribution < 1.29 is 9.90 Å². The maximum absolute atomic E-state index is 11.6. The monoisotopic (exact) mass is 247 g/mol. The summed E-state index contributed by atoms with van der Waals surface area (Å²) in [6.07, 6.45) is 1.61.